The second-order valence-electron chi connectivity index (χ2n) is 5.70. The van der Waals surface area contributed by atoms with E-state index in [0.717, 1.165) is 35.1 Å². The molecule has 1 heterocycles. The number of rotatable bonds is 4. The van der Waals surface area contributed by atoms with Crippen LogP contribution in [0.2, 0.25) is 0 Å². The molecule has 112 valence electrons. The van der Waals surface area contributed by atoms with Gasteiger partial charge < -0.3 is 10.6 Å². The van der Waals surface area contributed by atoms with Crippen LogP contribution in [0, 0.1) is 0 Å². The van der Waals surface area contributed by atoms with Gasteiger partial charge in [-0.2, -0.15) is 0 Å². The molecule has 0 aliphatic carbocycles. The second-order valence-corrected chi connectivity index (χ2v) is 5.70. The van der Waals surface area contributed by atoms with Gasteiger partial charge in [-0.3, -0.25) is 0 Å². The predicted octanol–water partition coefficient (Wildman–Crippen LogP) is 2.98. The largest absolute Gasteiger partial charge is 0.368 e. The number of benzene rings is 2. The maximum absolute atomic E-state index is 5.85. The summed E-state index contributed by atoms with van der Waals surface area (Å²) in [7, 11) is 4.17. The van der Waals surface area contributed by atoms with E-state index in [-0.39, 0.29) is 0 Å². The zero-order valence-corrected chi connectivity index (χ0v) is 13.0. The highest BCUT2D eigenvalue weighted by atomic mass is 15.0. The Hall–Kier alpha value is -2.46. The molecule has 2 N–H and O–H groups in total. The lowest BCUT2D eigenvalue weighted by Crippen LogP contribution is -2.14. The zero-order chi connectivity index (χ0) is 15.5. The number of anilines is 1. The van der Waals surface area contributed by atoms with Gasteiger partial charge in [0.2, 0.25) is 5.95 Å². The molecule has 0 unspecified atom stereocenters. The summed E-state index contributed by atoms with van der Waals surface area (Å²) >= 11 is 0. The maximum Gasteiger partial charge on any atom is 0.221 e. The van der Waals surface area contributed by atoms with Crippen molar-refractivity contribution in [2.24, 2.45) is 0 Å². The van der Waals surface area contributed by atoms with Gasteiger partial charge in [0.15, 0.2) is 0 Å². The molecular formula is C18H20N4. The average Bonchev–Trinajstić information content (AvgIpc) is 2.52. The van der Waals surface area contributed by atoms with Gasteiger partial charge in [0.25, 0.3) is 0 Å². The van der Waals surface area contributed by atoms with E-state index in [1.165, 1.54) is 5.56 Å². The molecule has 0 amide bonds. The van der Waals surface area contributed by atoms with Crippen molar-refractivity contribution < 1.29 is 0 Å². The third-order valence-electron chi connectivity index (χ3n) is 3.70. The number of nitrogens with two attached hydrogens (primary N) is 1. The lowest BCUT2D eigenvalue weighted by Gasteiger charge is -2.10. The summed E-state index contributed by atoms with van der Waals surface area (Å²) in [6, 6.07) is 16.5. The van der Waals surface area contributed by atoms with Gasteiger partial charge >= 0.3 is 0 Å². The number of fused-ring (bicyclic) bond motifs is 1. The van der Waals surface area contributed by atoms with Gasteiger partial charge in [0, 0.05) is 17.5 Å². The third-order valence-corrected chi connectivity index (χ3v) is 3.70. The van der Waals surface area contributed by atoms with E-state index in [1.807, 2.05) is 24.3 Å². The van der Waals surface area contributed by atoms with Crippen molar-refractivity contribution in [3.8, 4) is 11.3 Å². The quantitative estimate of drug-likeness (QED) is 0.803. The molecule has 2 aromatic carbocycles. The van der Waals surface area contributed by atoms with Crippen LogP contribution in [0.1, 0.15) is 5.56 Å². The SMILES string of the molecule is CN(C)CCc1ccc(-c2nc(N)nc3ccccc23)cc1. The molecule has 0 saturated heterocycles. The Kier molecular flexibility index (Phi) is 4.02. The van der Waals surface area contributed by atoms with Crippen LogP contribution < -0.4 is 5.73 Å². The van der Waals surface area contributed by atoms with E-state index in [2.05, 4.69) is 53.2 Å². The summed E-state index contributed by atoms with van der Waals surface area (Å²) < 4.78 is 0. The first-order chi connectivity index (χ1) is 10.6. The number of hydrogen-bond donors (Lipinski definition) is 1. The minimum Gasteiger partial charge on any atom is -0.368 e. The smallest absolute Gasteiger partial charge is 0.221 e. The van der Waals surface area contributed by atoms with Gasteiger partial charge in [-0.05, 0) is 32.1 Å². The van der Waals surface area contributed by atoms with Crippen LogP contribution in [0.4, 0.5) is 5.95 Å². The molecule has 0 aliphatic heterocycles. The van der Waals surface area contributed by atoms with E-state index < -0.39 is 0 Å². The van der Waals surface area contributed by atoms with Crippen molar-refractivity contribution in [3.63, 3.8) is 0 Å². The summed E-state index contributed by atoms with van der Waals surface area (Å²) in [6.07, 6.45) is 1.04. The fourth-order valence-electron chi connectivity index (χ4n) is 2.50. The Bertz CT molecular complexity index is 779. The molecule has 0 bridgehead atoms. The maximum atomic E-state index is 5.85. The molecule has 4 nitrogen and oxygen atoms in total. The molecule has 4 heteroatoms. The number of likely N-dealkylation sites (N-methyl/N-ethyl adjacent to an activating group) is 1. The highest BCUT2D eigenvalue weighted by Gasteiger charge is 2.08. The molecule has 0 saturated carbocycles. The average molecular weight is 292 g/mol. The zero-order valence-electron chi connectivity index (χ0n) is 13.0. The van der Waals surface area contributed by atoms with Crippen LogP contribution in [0.15, 0.2) is 48.5 Å². The summed E-state index contributed by atoms with van der Waals surface area (Å²) in [5.41, 5.74) is 10.0. The fourth-order valence-corrected chi connectivity index (χ4v) is 2.50. The number of aromatic nitrogens is 2. The molecule has 0 aliphatic rings. The van der Waals surface area contributed by atoms with E-state index in [1.54, 1.807) is 0 Å². The normalized spacial score (nSPS) is 11.2. The first-order valence-corrected chi connectivity index (χ1v) is 7.40. The van der Waals surface area contributed by atoms with Crippen LogP contribution in [0.3, 0.4) is 0 Å². The topological polar surface area (TPSA) is 55.0 Å². The molecule has 3 rings (SSSR count). The summed E-state index contributed by atoms with van der Waals surface area (Å²) in [4.78, 5) is 10.9. The molecular weight excluding hydrogens is 272 g/mol. The molecule has 0 fully saturated rings. The van der Waals surface area contributed by atoms with Crippen molar-refractivity contribution >= 4 is 16.9 Å². The van der Waals surface area contributed by atoms with Gasteiger partial charge in [-0.25, -0.2) is 9.97 Å². The van der Waals surface area contributed by atoms with E-state index in [0.29, 0.717) is 5.95 Å². The second kappa shape index (κ2) is 6.12. The van der Waals surface area contributed by atoms with Crippen LogP contribution >= 0.6 is 0 Å². The van der Waals surface area contributed by atoms with Gasteiger partial charge in [-0.15, -0.1) is 0 Å². The number of para-hydroxylation sites is 1. The minimum atomic E-state index is 0.311. The number of nitrogen functional groups attached to an aromatic ring is 1. The molecule has 1 aromatic heterocycles. The van der Waals surface area contributed by atoms with Crippen molar-refractivity contribution in [2.45, 2.75) is 6.42 Å². The van der Waals surface area contributed by atoms with Gasteiger partial charge in [0.05, 0.1) is 11.2 Å². The van der Waals surface area contributed by atoms with Gasteiger partial charge in [0.1, 0.15) is 0 Å². The Morgan fingerprint density at radius 3 is 2.41 bits per heavy atom. The highest BCUT2D eigenvalue weighted by molar-refractivity contribution is 5.92. The lowest BCUT2D eigenvalue weighted by atomic mass is 10.0. The van der Waals surface area contributed by atoms with Crippen LogP contribution in [-0.2, 0) is 6.42 Å². The Morgan fingerprint density at radius 1 is 0.955 bits per heavy atom. The third kappa shape index (κ3) is 3.07. The summed E-state index contributed by atoms with van der Waals surface area (Å²) in [5.74, 6) is 0.311. The molecule has 0 spiro atoms. The van der Waals surface area contributed by atoms with E-state index in [4.69, 9.17) is 5.73 Å². The number of nitrogens with zero attached hydrogens (tertiary/aromatic N) is 3. The molecule has 3 aromatic rings. The van der Waals surface area contributed by atoms with Crippen molar-refractivity contribution in [3.05, 3.63) is 54.1 Å². The molecule has 0 radical (unpaired) electrons. The van der Waals surface area contributed by atoms with Crippen molar-refractivity contribution in [2.75, 3.05) is 26.4 Å². The first kappa shape index (κ1) is 14.5. The Morgan fingerprint density at radius 2 is 1.68 bits per heavy atom. The molecule has 22 heavy (non-hydrogen) atoms. The van der Waals surface area contributed by atoms with Crippen LogP contribution in [0.25, 0.3) is 22.2 Å². The van der Waals surface area contributed by atoms with Crippen molar-refractivity contribution in [1.82, 2.24) is 14.9 Å². The predicted molar refractivity (Wildman–Crippen MR) is 91.6 cm³/mol. The first-order valence-electron chi connectivity index (χ1n) is 7.40. The lowest BCUT2D eigenvalue weighted by molar-refractivity contribution is 0.413. The van der Waals surface area contributed by atoms with Crippen LogP contribution in [0.5, 0.6) is 0 Å². The van der Waals surface area contributed by atoms with Gasteiger partial charge in [-0.1, -0.05) is 42.5 Å². The fraction of sp³-hybridized carbons (Fsp3) is 0.222. The monoisotopic (exact) mass is 292 g/mol. The summed E-state index contributed by atoms with van der Waals surface area (Å²) in [6.45, 7) is 1.04. The van der Waals surface area contributed by atoms with Crippen molar-refractivity contribution in [1.29, 1.82) is 0 Å². The highest BCUT2D eigenvalue weighted by Crippen LogP contribution is 2.26. The van der Waals surface area contributed by atoms with Crippen LogP contribution in [-0.4, -0.2) is 35.5 Å². The standard InChI is InChI=1S/C18H20N4/c1-22(2)12-11-13-7-9-14(10-8-13)17-15-5-3-4-6-16(15)20-18(19)21-17/h3-10H,11-12H2,1-2H3,(H2,19,20,21). The Labute approximate surface area is 130 Å². The van der Waals surface area contributed by atoms with E-state index >= 15 is 0 Å². The Balaban J connectivity index is 1.97. The minimum absolute atomic E-state index is 0.311. The van der Waals surface area contributed by atoms with E-state index in [9.17, 15) is 0 Å². The number of hydrogen-bond acceptors (Lipinski definition) is 4. The summed E-state index contributed by atoms with van der Waals surface area (Å²) in [5, 5.41) is 1.03. The molecule has 0 atom stereocenters.